The van der Waals surface area contributed by atoms with Gasteiger partial charge in [0.25, 0.3) is 0 Å². The molecule has 0 aromatic heterocycles. The van der Waals surface area contributed by atoms with Crippen LogP contribution in [-0.2, 0) is 6.54 Å². The van der Waals surface area contributed by atoms with Crippen molar-refractivity contribution in [2.75, 3.05) is 59.9 Å². The topological polar surface area (TPSA) is 34.1 Å². The summed E-state index contributed by atoms with van der Waals surface area (Å²) in [6, 6.07) is 5.39. The first kappa shape index (κ1) is 22.8. The summed E-state index contributed by atoms with van der Waals surface area (Å²) in [5.74, 6) is 1.53. The van der Waals surface area contributed by atoms with Crippen LogP contribution < -0.4 is 5.32 Å². The van der Waals surface area contributed by atoms with E-state index in [0.29, 0.717) is 10.4 Å². The number of nitrogens with one attached hydrogen (secondary N) is 1. The maximum atomic E-state index is 13.7. The molecule has 1 aromatic carbocycles. The lowest BCUT2D eigenvalue weighted by atomic mass is 10.1. The normalized spacial score (nSPS) is 22.0. The molecule has 2 aliphatic rings. The summed E-state index contributed by atoms with van der Waals surface area (Å²) in [5, 5.41) is 3.56. The minimum absolute atomic E-state index is 0. The van der Waals surface area contributed by atoms with Gasteiger partial charge in [-0.3, -0.25) is 9.89 Å². The van der Waals surface area contributed by atoms with Gasteiger partial charge in [0, 0.05) is 52.9 Å². The van der Waals surface area contributed by atoms with E-state index in [1.165, 1.54) is 19.5 Å². The molecule has 2 heterocycles. The van der Waals surface area contributed by atoms with Crippen LogP contribution >= 0.6 is 39.9 Å². The maximum Gasteiger partial charge on any atom is 0.193 e. The van der Waals surface area contributed by atoms with Gasteiger partial charge >= 0.3 is 0 Å². The van der Waals surface area contributed by atoms with Gasteiger partial charge in [-0.1, -0.05) is 6.07 Å². The average molecular weight is 554 g/mol. The molecule has 0 amide bonds. The van der Waals surface area contributed by atoms with Gasteiger partial charge in [0.1, 0.15) is 5.82 Å². The fourth-order valence-corrected chi connectivity index (χ4v) is 4.02. The highest BCUT2D eigenvalue weighted by Gasteiger charge is 2.23. The van der Waals surface area contributed by atoms with Crippen LogP contribution in [0.15, 0.2) is 27.7 Å². The van der Waals surface area contributed by atoms with Gasteiger partial charge in [-0.15, -0.1) is 24.0 Å². The molecule has 0 aliphatic carbocycles. The first-order chi connectivity index (χ1) is 12.5. The molecule has 152 valence electrons. The largest absolute Gasteiger partial charge is 0.356 e. The van der Waals surface area contributed by atoms with E-state index in [9.17, 15) is 4.39 Å². The van der Waals surface area contributed by atoms with E-state index >= 15 is 0 Å². The van der Waals surface area contributed by atoms with Crippen molar-refractivity contribution < 1.29 is 4.39 Å². The van der Waals surface area contributed by atoms with Crippen LogP contribution in [0.2, 0.25) is 0 Å². The van der Waals surface area contributed by atoms with Crippen LogP contribution in [0, 0.1) is 11.7 Å². The van der Waals surface area contributed by atoms with E-state index < -0.39 is 0 Å². The summed E-state index contributed by atoms with van der Waals surface area (Å²) < 4.78 is 14.2. The van der Waals surface area contributed by atoms with Gasteiger partial charge in [-0.2, -0.15) is 0 Å². The number of rotatable bonds is 4. The zero-order valence-electron chi connectivity index (χ0n) is 16.1. The summed E-state index contributed by atoms with van der Waals surface area (Å²) in [4.78, 5) is 11.6. The van der Waals surface area contributed by atoms with E-state index in [1.807, 2.05) is 13.1 Å². The van der Waals surface area contributed by atoms with Crippen molar-refractivity contribution in [2.24, 2.45) is 10.9 Å². The Labute approximate surface area is 187 Å². The highest BCUT2D eigenvalue weighted by molar-refractivity contribution is 14.0. The predicted octanol–water partition coefficient (Wildman–Crippen LogP) is 2.85. The minimum Gasteiger partial charge on any atom is -0.356 e. The van der Waals surface area contributed by atoms with Crippen LogP contribution in [0.25, 0.3) is 0 Å². The molecule has 5 nitrogen and oxygen atoms in total. The molecule has 0 spiro atoms. The predicted molar refractivity (Wildman–Crippen MR) is 123 cm³/mol. The summed E-state index contributed by atoms with van der Waals surface area (Å²) in [5.41, 5.74) is 1.02. The van der Waals surface area contributed by atoms with Gasteiger partial charge in [0.15, 0.2) is 5.96 Å². The van der Waals surface area contributed by atoms with Crippen molar-refractivity contribution in [1.82, 2.24) is 20.0 Å². The van der Waals surface area contributed by atoms with Crippen LogP contribution in [0.1, 0.15) is 12.0 Å². The molecule has 0 bridgehead atoms. The fraction of sp³-hybridized carbons (Fsp3) is 0.632. The average Bonchev–Trinajstić information content (AvgIpc) is 3.05. The van der Waals surface area contributed by atoms with Crippen molar-refractivity contribution >= 4 is 45.9 Å². The molecule has 2 aliphatic heterocycles. The quantitative estimate of drug-likeness (QED) is 0.353. The molecule has 0 saturated carbocycles. The van der Waals surface area contributed by atoms with Crippen LogP contribution in [-0.4, -0.2) is 80.6 Å². The number of likely N-dealkylation sites (tertiary alicyclic amines) is 1. The zero-order chi connectivity index (χ0) is 18.5. The van der Waals surface area contributed by atoms with Crippen molar-refractivity contribution in [3.63, 3.8) is 0 Å². The summed E-state index contributed by atoms with van der Waals surface area (Å²) in [6.07, 6.45) is 1.26. The van der Waals surface area contributed by atoms with Crippen molar-refractivity contribution in [3.8, 4) is 0 Å². The molecule has 1 unspecified atom stereocenters. The Kier molecular flexibility index (Phi) is 9.24. The lowest BCUT2D eigenvalue weighted by Gasteiger charge is -2.36. The van der Waals surface area contributed by atoms with E-state index in [4.69, 9.17) is 0 Å². The number of halogens is 3. The minimum atomic E-state index is -0.191. The molecular weight excluding hydrogens is 524 g/mol. The molecule has 0 radical (unpaired) electrons. The van der Waals surface area contributed by atoms with Gasteiger partial charge in [0.05, 0.1) is 4.47 Å². The SMILES string of the molecule is CN=C(NCC1CCN(C)C1)N1CCN(Cc2ccc(Br)c(F)c2)CC1.I. The smallest absolute Gasteiger partial charge is 0.193 e. The van der Waals surface area contributed by atoms with E-state index in [-0.39, 0.29) is 29.8 Å². The molecule has 2 fully saturated rings. The van der Waals surface area contributed by atoms with E-state index in [0.717, 1.165) is 50.8 Å². The molecule has 27 heavy (non-hydrogen) atoms. The van der Waals surface area contributed by atoms with E-state index in [1.54, 1.807) is 12.1 Å². The van der Waals surface area contributed by atoms with Crippen LogP contribution in [0.5, 0.6) is 0 Å². The molecule has 8 heteroatoms. The Balaban J connectivity index is 0.00000261. The van der Waals surface area contributed by atoms with Crippen molar-refractivity contribution in [2.45, 2.75) is 13.0 Å². The summed E-state index contributed by atoms with van der Waals surface area (Å²) in [6.45, 7) is 7.97. The summed E-state index contributed by atoms with van der Waals surface area (Å²) >= 11 is 3.21. The first-order valence-corrected chi connectivity index (χ1v) is 10.1. The molecule has 1 atom stereocenters. The standard InChI is InChI=1S/C19H29BrFN5.HI/c1-22-19(23-12-16-5-6-24(2)13-16)26-9-7-25(8-10-26)14-15-3-4-17(20)18(21)11-15;/h3-4,11,16H,5-10,12-14H2,1-2H3,(H,22,23);1H. The third kappa shape index (κ3) is 6.54. The zero-order valence-corrected chi connectivity index (χ0v) is 20.0. The van der Waals surface area contributed by atoms with Gasteiger partial charge < -0.3 is 15.1 Å². The molecule has 1 aromatic rings. The second-order valence-corrected chi connectivity index (χ2v) is 8.21. The lowest BCUT2D eigenvalue weighted by molar-refractivity contribution is 0.172. The van der Waals surface area contributed by atoms with Gasteiger partial charge in [-0.05, 0) is 59.6 Å². The third-order valence-corrected chi connectivity index (χ3v) is 5.95. The molecular formula is C19H30BrFIN5. The highest BCUT2D eigenvalue weighted by atomic mass is 127. The number of guanidine groups is 1. The Morgan fingerprint density at radius 3 is 2.59 bits per heavy atom. The van der Waals surface area contributed by atoms with E-state index in [2.05, 4.69) is 48.0 Å². The number of aliphatic imine (C=N–C) groups is 1. The van der Waals surface area contributed by atoms with Gasteiger partial charge in [0.2, 0.25) is 0 Å². The number of nitrogens with zero attached hydrogens (tertiary/aromatic N) is 4. The Bertz CT molecular complexity index is 637. The molecule has 3 rings (SSSR count). The molecule has 2 saturated heterocycles. The first-order valence-electron chi connectivity index (χ1n) is 9.35. The number of hydrogen-bond acceptors (Lipinski definition) is 3. The maximum absolute atomic E-state index is 13.7. The monoisotopic (exact) mass is 553 g/mol. The van der Waals surface area contributed by atoms with Crippen LogP contribution in [0.4, 0.5) is 4.39 Å². The van der Waals surface area contributed by atoms with Crippen molar-refractivity contribution in [1.29, 1.82) is 0 Å². The third-order valence-electron chi connectivity index (χ3n) is 5.31. The number of hydrogen-bond donors (Lipinski definition) is 1. The Morgan fingerprint density at radius 2 is 2.00 bits per heavy atom. The Morgan fingerprint density at radius 1 is 1.26 bits per heavy atom. The molecule has 1 N–H and O–H groups in total. The second-order valence-electron chi connectivity index (χ2n) is 7.36. The second kappa shape index (κ2) is 10.9. The Hall–Kier alpha value is -0.450. The fourth-order valence-electron chi connectivity index (χ4n) is 3.77. The lowest BCUT2D eigenvalue weighted by Crippen LogP contribution is -2.52. The van der Waals surface area contributed by atoms with Crippen molar-refractivity contribution in [3.05, 3.63) is 34.1 Å². The van der Waals surface area contributed by atoms with Gasteiger partial charge in [-0.25, -0.2) is 4.39 Å². The number of benzene rings is 1. The number of piperazine rings is 1. The summed E-state index contributed by atoms with van der Waals surface area (Å²) in [7, 11) is 4.05. The highest BCUT2D eigenvalue weighted by Crippen LogP contribution is 2.18. The van der Waals surface area contributed by atoms with Crippen LogP contribution in [0.3, 0.4) is 0 Å².